The molecule has 0 saturated heterocycles. The molecule has 0 spiro atoms. The van der Waals surface area contributed by atoms with Gasteiger partial charge in [-0.15, -0.1) is 5.10 Å². The molecule has 0 aliphatic rings. The zero-order valence-electron chi connectivity index (χ0n) is 19.7. The fourth-order valence-corrected chi connectivity index (χ4v) is 4.33. The van der Waals surface area contributed by atoms with E-state index in [4.69, 9.17) is 4.98 Å². The first kappa shape index (κ1) is 23.4. The van der Waals surface area contributed by atoms with Crippen LogP contribution in [0.5, 0.6) is 0 Å². The van der Waals surface area contributed by atoms with E-state index in [-0.39, 0.29) is 25.0 Å². The maximum Gasteiger partial charge on any atom is 0.258 e. The van der Waals surface area contributed by atoms with Crippen LogP contribution in [0.25, 0.3) is 11.0 Å². The maximum absolute atomic E-state index is 12.9. The summed E-state index contributed by atoms with van der Waals surface area (Å²) in [6.07, 6.45) is 0.670. The Balaban J connectivity index is 1.63. The predicted octanol–water partition coefficient (Wildman–Crippen LogP) is 3.25. The van der Waals surface area contributed by atoms with Crippen LogP contribution in [0.1, 0.15) is 40.1 Å². The van der Waals surface area contributed by atoms with Crippen LogP contribution in [-0.2, 0) is 18.6 Å². The van der Waals surface area contributed by atoms with Gasteiger partial charge in [0, 0.05) is 18.5 Å². The lowest BCUT2D eigenvalue weighted by molar-refractivity contribution is 0.102. The van der Waals surface area contributed by atoms with Crippen molar-refractivity contribution in [2.45, 2.75) is 25.5 Å². The first-order chi connectivity index (χ1) is 17.5. The highest BCUT2D eigenvalue weighted by Crippen LogP contribution is 2.37. The molecule has 0 radical (unpaired) electrons. The Morgan fingerprint density at radius 1 is 1.00 bits per heavy atom. The number of rotatable bonds is 8. The summed E-state index contributed by atoms with van der Waals surface area (Å²) in [6.45, 7) is 1.94. The molecule has 4 N–H and O–H groups in total. The molecule has 3 aromatic carbocycles. The van der Waals surface area contributed by atoms with Crippen molar-refractivity contribution in [3.8, 4) is 0 Å². The van der Waals surface area contributed by atoms with Crippen LogP contribution in [0.4, 0.5) is 5.95 Å². The number of aryl methyl sites for hydroxylation is 1. The molecule has 0 fully saturated rings. The molecule has 0 saturated carbocycles. The van der Waals surface area contributed by atoms with Gasteiger partial charge in [0.15, 0.2) is 11.4 Å². The number of amides is 1. The minimum atomic E-state index is -1.59. The summed E-state index contributed by atoms with van der Waals surface area (Å²) in [5.41, 5.74) is 1.26. The van der Waals surface area contributed by atoms with Crippen molar-refractivity contribution < 1.29 is 15.0 Å². The SMILES string of the molecule is CCc1nc(NC(=O)c2ccc3nc(C(O)(c4ccccc4)c4ccccc4)n(CCO)c3c2)n[nH]1. The molecule has 36 heavy (non-hydrogen) atoms. The highest BCUT2D eigenvalue weighted by Gasteiger charge is 2.39. The lowest BCUT2D eigenvalue weighted by atomic mass is 9.85. The molecular formula is C27H26N6O3. The zero-order chi connectivity index (χ0) is 25.1. The van der Waals surface area contributed by atoms with E-state index in [1.165, 1.54) is 0 Å². The minimum Gasteiger partial charge on any atom is -0.395 e. The lowest BCUT2D eigenvalue weighted by Crippen LogP contribution is -2.33. The molecular weight excluding hydrogens is 456 g/mol. The Bertz CT molecular complexity index is 1450. The standard InChI is InChI=1S/C27H26N6O3/c1-2-23-29-26(32-31-23)30-24(35)18-13-14-21-22(17-18)33(15-16-34)25(28-21)27(36,19-9-5-3-6-10-19)20-11-7-4-8-12-20/h3-14,17,34,36H,2,15-16H2,1H3,(H2,29,30,31,32,35). The molecule has 5 rings (SSSR count). The number of carbonyl (C=O) groups excluding carboxylic acids is 1. The number of fused-ring (bicyclic) bond motifs is 1. The Kier molecular flexibility index (Phi) is 6.32. The third-order valence-corrected chi connectivity index (χ3v) is 6.13. The first-order valence-corrected chi connectivity index (χ1v) is 11.7. The van der Waals surface area contributed by atoms with E-state index in [2.05, 4.69) is 20.5 Å². The molecule has 1 amide bonds. The van der Waals surface area contributed by atoms with Gasteiger partial charge in [-0.05, 0) is 29.3 Å². The van der Waals surface area contributed by atoms with Gasteiger partial charge in [0.1, 0.15) is 5.82 Å². The number of aliphatic hydroxyl groups excluding tert-OH is 1. The first-order valence-electron chi connectivity index (χ1n) is 11.7. The maximum atomic E-state index is 12.9. The van der Waals surface area contributed by atoms with Gasteiger partial charge in [-0.2, -0.15) is 4.98 Å². The van der Waals surface area contributed by atoms with Crippen molar-refractivity contribution >= 4 is 22.9 Å². The van der Waals surface area contributed by atoms with E-state index in [0.717, 1.165) is 0 Å². The van der Waals surface area contributed by atoms with Gasteiger partial charge in [0.05, 0.1) is 17.6 Å². The van der Waals surface area contributed by atoms with Crippen molar-refractivity contribution in [1.82, 2.24) is 24.7 Å². The van der Waals surface area contributed by atoms with Crippen LogP contribution in [0.15, 0.2) is 78.9 Å². The third-order valence-electron chi connectivity index (χ3n) is 6.13. The van der Waals surface area contributed by atoms with E-state index in [0.29, 0.717) is 45.8 Å². The van der Waals surface area contributed by atoms with E-state index in [1.54, 1.807) is 22.8 Å². The van der Waals surface area contributed by atoms with Crippen molar-refractivity contribution in [2.24, 2.45) is 0 Å². The summed E-state index contributed by atoms with van der Waals surface area (Å²) in [7, 11) is 0. The lowest BCUT2D eigenvalue weighted by Gasteiger charge is -2.29. The van der Waals surface area contributed by atoms with Crippen LogP contribution in [0.3, 0.4) is 0 Å². The average Bonchev–Trinajstić information content (AvgIpc) is 3.53. The van der Waals surface area contributed by atoms with E-state index in [1.807, 2.05) is 67.6 Å². The molecule has 0 atom stereocenters. The summed E-state index contributed by atoms with van der Waals surface area (Å²) >= 11 is 0. The summed E-state index contributed by atoms with van der Waals surface area (Å²) in [5, 5.41) is 31.7. The van der Waals surface area contributed by atoms with Gasteiger partial charge in [-0.3, -0.25) is 15.2 Å². The van der Waals surface area contributed by atoms with Gasteiger partial charge < -0.3 is 14.8 Å². The number of imidazole rings is 1. The summed E-state index contributed by atoms with van der Waals surface area (Å²) < 4.78 is 1.76. The zero-order valence-corrected chi connectivity index (χ0v) is 19.7. The van der Waals surface area contributed by atoms with Crippen molar-refractivity contribution in [1.29, 1.82) is 0 Å². The predicted molar refractivity (Wildman–Crippen MR) is 136 cm³/mol. The molecule has 9 heteroatoms. The van der Waals surface area contributed by atoms with Crippen LogP contribution in [-0.4, -0.2) is 47.5 Å². The Labute approximate surface area is 207 Å². The molecule has 0 bridgehead atoms. The number of nitrogens with one attached hydrogen (secondary N) is 2. The van der Waals surface area contributed by atoms with Gasteiger partial charge >= 0.3 is 0 Å². The highest BCUT2D eigenvalue weighted by atomic mass is 16.3. The number of carbonyl (C=O) groups is 1. The molecule has 2 aromatic heterocycles. The molecule has 182 valence electrons. The van der Waals surface area contributed by atoms with Gasteiger partial charge in [-0.1, -0.05) is 67.6 Å². The van der Waals surface area contributed by atoms with Gasteiger partial charge in [0.25, 0.3) is 5.91 Å². The molecule has 0 aliphatic heterocycles. The van der Waals surface area contributed by atoms with Crippen LogP contribution in [0.2, 0.25) is 0 Å². The third kappa shape index (κ3) is 4.15. The van der Waals surface area contributed by atoms with Gasteiger partial charge in [0.2, 0.25) is 5.95 Å². The summed E-state index contributed by atoms with van der Waals surface area (Å²) in [5.74, 6) is 0.845. The smallest absolute Gasteiger partial charge is 0.258 e. The second-order valence-corrected chi connectivity index (χ2v) is 8.37. The second-order valence-electron chi connectivity index (χ2n) is 8.37. The molecule has 0 unspecified atom stereocenters. The second kappa shape index (κ2) is 9.73. The number of aromatic amines is 1. The number of anilines is 1. The number of aromatic nitrogens is 5. The van der Waals surface area contributed by atoms with E-state index in [9.17, 15) is 15.0 Å². The van der Waals surface area contributed by atoms with E-state index < -0.39 is 5.60 Å². The molecule has 0 aliphatic carbocycles. The Morgan fingerprint density at radius 3 is 2.25 bits per heavy atom. The number of benzene rings is 3. The number of hydrogen-bond acceptors (Lipinski definition) is 6. The Hall–Kier alpha value is -4.34. The van der Waals surface area contributed by atoms with Crippen LogP contribution < -0.4 is 5.32 Å². The number of aliphatic hydroxyl groups is 2. The average molecular weight is 483 g/mol. The monoisotopic (exact) mass is 482 g/mol. The van der Waals surface area contributed by atoms with Crippen molar-refractivity contribution in [3.63, 3.8) is 0 Å². The largest absolute Gasteiger partial charge is 0.395 e. The van der Waals surface area contributed by atoms with Crippen molar-refractivity contribution in [3.05, 3.63) is 107 Å². The minimum absolute atomic E-state index is 0.175. The molecule has 5 aromatic rings. The quantitative estimate of drug-likeness (QED) is 0.269. The van der Waals surface area contributed by atoms with Gasteiger partial charge in [-0.25, -0.2) is 4.98 Å². The summed E-state index contributed by atoms with van der Waals surface area (Å²) in [4.78, 5) is 22.0. The number of hydrogen-bond donors (Lipinski definition) is 4. The highest BCUT2D eigenvalue weighted by molar-refractivity contribution is 6.05. The van der Waals surface area contributed by atoms with Crippen molar-refractivity contribution in [2.75, 3.05) is 11.9 Å². The molecule has 2 heterocycles. The molecule has 9 nitrogen and oxygen atoms in total. The van der Waals surface area contributed by atoms with Crippen LogP contribution in [0, 0.1) is 0 Å². The fraction of sp³-hybridized carbons (Fsp3) is 0.185. The number of H-pyrrole nitrogens is 1. The number of nitrogens with zero attached hydrogens (tertiary/aromatic N) is 4. The normalized spacial score (nSPS) is 11.6. The summed E-state index contributed by atoms with van der Waals surface area (Å²) in [6, 6.07) is 23.7. The van der Waals surface area contributed by atoms with Crippen LogP contribution >= 0.6 is 0 Å². The van der Waals surface area contributed by atoms with E-state index >= 15 is 0 Å². The Morgan fingerprint density at radius 2 is 1.67 bits per heavy atom. The fourth-order valence-electron chi connectivity index (χ4n) is 4.33. The topological polar surface area (TPSA) is 129 Å².